The molecule has 1 aromatic heterocycles. The highest BCUT2D eigenvalue weighted by Crippen LogP contribution is 2.06. The lowest BCUT2D eigenvalue weighted by atomic mass is 10.5. The number of rotatable bonds is 1. The van der Waals surface area contributed by atoms with E-state index in [2.05, 4.69) is 15.6 Å². The van der Waals surface area contributed by atoms with E-state index in [0.717, 1.165) is 11.5 Å². The van der Waals surface area contributed by atoms with Gasteiger partial charge in [0.2, 0.25) is 0 Å². The molecule has 0 atom stereocenters. The molecule has 0 aliphatic carbocycles. The highest BCUT2D eigenvalue weighted by molar-refractivity contribution is 5.37. The van der Waals surface area contributed by atoms with E-state index >= 15 is 0 Å². The van der Waals surface area contributed by atoms with Crippen LogP contribution in [0.15, 0.2) is 0 Å². The Balaban J connectivity index is 3.07. The minimum atomic E-state index is 0.931. The highest BCUT2D eigenvalue weighted by Gasteiger charge is 2.00. The summed E-state index contributed by atoms with van der Waals surface area (Å²) in [6.07, 6.45) is 0. The van der Waals surface area contributed by atoms with E-state index in [4.69, 9.17) is 0 Å². The van der Waals surface area contributed by atoms with Gasteiger partial charge in [-0.15, -0.1) is 5.10 Å². The molecule has 0 radical (unpaired) electrons. The standard InChI is InChI=1S/C5H10N4/c1-4-5(6-2)9(3)8-7-4/h6H,1-3H3. The number of anilines is 1. The fourth-order valence-corrected chi connectivity index (χ4v) is 0.803. The fourth-order valence-electron chi connectivity index (χ4n) is 0.803. The van der Waals surface area contributed by atoms with Crippen molar-refractivity contribution < 1.29 is 0 Å². The maximum Gasteiger partial charge on any atom is 0.147 e. The molecule has 0 bridgehead atoms. The van der Waals surface area contributed by atoms with Gasteiger partial charge >= 0.3 is 0 Å². The van der Waals surface area contributed by atoms with Crippen LogP contribution in [0.2, 0.25) is 0 Å². The van der Waals surface area contributed by atoms with E-state index < -0.39 is 0 Å². The first-order valence-corrected chi connectivity index (χ1v) is 2.79. The summed E-state index contributed by atoms with van der Waals surface area (Å²) < 4.78 is 1.70. The van der Waals surface area contributed by atoms with Gasteiger partial charge < -0.3 is 5.32 Å². The van der Waals surface area contributed by atoms with Crippen LogP contribution in [0.4, 0.5) is 5.82 Å². The van der Waals surface area contributed by atoms with Crippen LogP contribution >= 0.6 is 0 Å². The monoisotopic (exact) mass is 126 g/mol. The van der Waals surface area contributed by atoms with Crippen molar-refractivity contribution in [1.82, 2.24) is 15.0 Å². The van der Waals surface area contributed by atoms with Gasteiger partial charge in [-0.25, -0.2) is 4.68 Å². The minimum Gasteiger partial charge on any atom is -0.372 e. The Morgan fingerprint density at radius 2 is 2.22 bits per heavy atom. The van der Waals surface area contributed by atoms with Crippen molar-refractivity contribution in [2.24, 2.45) is 7.05 Å². The number of hydrogen-bond donors (Lipinski definition) is 1. The molecule has 50 valence electrons. The summed E-state index contributed by atoms with van der Waals surface area (Å²) in [6, 6.07) is 0. The van der Waals surface area contributed by atoms with Gasteiger partial charge in [0.15, 0.2) is 0 Å². The highest BCUT2D eigenvalue weighted by atomic mass is 15.4. The molecule has 0 aliphatic heterocycles. The van der Waals surface area contributed by atoms with Crippen LogP contribution in [-0.4, -0.2) is 22.0 Å². The van der Waals surface area contributed by atoms with Crippen molar-refractivity contribution in [3.8, 4) is 0 Å². The lowest BCUT2D eigenvalue weighted by molar-refractivity contribution is 0.719. The average Bonchev–Trinajstić information content (AvgIpc) is 2.12. The van der Waals surface area contributed by atoms with Gasteiger partial charge in [0, 0.05) is 14.1 Å². The van der Waals surface area contributed by atoms with Crippen molar-refractivity contribution in [2.75, 3.05) is 12.4 Å². The average molecular weight is 126 g/mol. The number of aryl methyl sites for hydroxylation is 2. The summed E-state index contributed by atoms with van der Waals surface area (Å²) >= 11 is 0. The molecule has 0 aromatic carbocycles. The van der Waals surface area contributed by atoms with Gasteiger partial charge in [0.25, 0.3) is 0 Å². The van der Waals surface area contributed by atoms with Crippen LogP contribution in [0.1, 0.15) is 5.69 Å². The second-order valence-corrected chi connectivity index (χ2v) is 1.90. The lowest BCUT2D eigenvalue weighted by Crippen LogP contribution is -1.98. The Morgan fingerprint density at radius 1 is 1.56 bits per heavy atom. The molecule has 0 fully saturated rings. The second kappa shape index (κ2) is 2.05. The van der Waals surface area contributed by atoms with E-state index in [-0.39, 0.29) is 0 Å². The molecule has 4 nitrogen and oxygen atoms in total. The van der Waals surface area contributed by atoms with Gasteiger partial charge in [0.05, 0.1) is 0 Å². The fraction of sp³-hybridized carbons (Fsp3) is 0.600. The SMILES string of the molecule is CNc1c(C)nnn1C. The van der Waals surface area contributed by atoms with Crippen LogP contribution in [0.25, 0.3) is 0 Å². The van der Waals surface area contributed by atoms with E-state index in [0.29, 0.717) is 0 Å². The topological polar surface area (TPSA) is 42.7 Å². The van der Waals surface area contributed by atoms with Crippen LogP contribution in [-0.2, 0) is 7.05 Å². The molecular weight excluding hydrogens is 116 g/mol. The first-order chi connectivity index (χ1) is 4.25. The summed E-state index contributed by atoms with van der Waals surface area (Å²) in [5, 5.41) is 10.6. The molecule has 0 saturated carbocycles. The van der Waals surface area contributed by atoms with E-state index in [1.54, 1.807) is 4.68 Å². The zero-order chi connectivity index (χ0) is 6.85. The zero-order valence-corrected chi connectivity index (χ0v) is 5.84. The summed E-state index contributed by atoms with van der Waals surface area (Å²) in [4.78, 5) is 0. The molecule has 1 rings (SSSR count). The van der Waals surface area contributed by atoms with Gasteiger partial charge in [-0.2, -0.15) is 0 Å². The molecule has 0 spiro atoms. The quantitative estimate of drug-likeness (QED) is 0.583. The Bertz CT molecular complexity index is 183. The summed E-state index contributed by atoms with van der Waals surface area (Å²) in [5.41, 5.74) is 0.931. The molecule has 0 unspecified atom stereocenters. The third-order valence-corrected chi connectivity index (χ3v) is 1.23. The molecule has 1 N–H and O–H groups in total. The predicted octanol–water partition coefficient (Wildman–Crippen LogP) is 0.165. The Labute approximate surface area is 53.9 Å². The van der Waals surface area contributed by atoms with Crippen molar-refractivity contribution >= 4 is 5.82 Å². The normalized spacial score (nSPS) is 9.67. The summed E-state index contributed by atoms with van der Waals surface area (Å²) in [6.45, 7) is 1.92. The summed E-state index contributed by atoms with van der Waals surface area (Å²) in [7, 11) is 3.71. The Kier molecular flexibility index (Phi) is 1.38. The second-order valence-electron chi connectivity index (χ2n) is 1.90. The number of aromatic nitrogens is 3. The van der Waals surface area contributed by atoms with Gasteiger partial charge in [-0.1, -0.05) is 5.21 Å². The molecule has 0 saturated heterocycles. The first kappa shape index (κ1) is 6.07. The van der Waals surface area contributed by atoms with Crippen molar-refractivity contribution in [3.63, 3.8) is 0 Å². The molecule has 1 aromatic rings. The first-order valence-electron chi connectivity index (χ1n) is 2.79. The molecule has 1 heterocycles. The van der Waals surface area contributed by atoms with Crippen LogP contribution in [0.5, 0.6) is 0 Å². The lowest BCUT2D eigenvalue weighted by Gasteiger charge is -1.97. The molecule has 0 amide bonds. The van der Waals surface area contributed by atoms with Crippen molar-refractivity contribution in [3.05, 3.63) is 5.69 Å². The van der Waals surface area contributed by atoms with Crippen molar-refractivity contribution in [1.29, 1.82) is 0 Å². The molecule has 0 aliphatic rings. The predicted molar refractivity (Wildman–Crippen MR) is 35.3 cm³/mol. The van der Waals surface area contributed by atoms with Gasteiger partial charge in [-0.3, -0.25) is 0 Å². The molecule has 9 heavy (non-hydrogen) atoms. The van der Waals surface area contributed by atoms with Crippen LogP contribution in [0.3, 0.4) is 0 Å². The van der Waals surface area contributed by atoms with Crippen molar-refractivity contribution in [2.45, 2.75) is 6.92 Å². The van der Waals surface area contributed by atoms with Gasteiger partial charge in [-0.05, 0) is 6.92 Å². The smallest absolute Gasteiger partial charge is 0.147 e. The van der Waals surface area contributed by atoms with Crippen LogP contribution < -0.4 is 5.32 Å². The number of hydrogen-bond acceptors (Lipinski definition) is 3. The third kappa shape index (κ3) is 0.872. The van der Waals surface area contributed by atoms with E-state index in [1.807, 2.05) is 21.0 Å². The third-order valence-electron chi connectivity index (χ3n) is 1.23. The molecule has 4 heteroatoms. The van der Waals surface area contributed by atoms with Gasteiger partial charge in [0.1, 0.15) is 11.5 Å². The minimum absolute atomic E-state index is 0.931. The maximum atomic E-state index is 3.84. The summed E-state index contributed by atoms with van der Waals surface area (Å²) in [5.74, 6) is 0.968. The Hall–Kier alpha value is -1.06. The number of nitrogens with zero attached hydrogens (tertiary/aromatic N) is 3. The van der Waals surface area contributed by atoms with E-state index in [9.17, 15) is 0 Å². The maximum absolute atomic E-state index is 3.84. The van der Waals surface area contributed by atoms with E-state index in [1.165, 1.54) is 0 Å². The zero-order valence-electron chi connectivity index (χ0n) is 5.84. The van der Waals surface area contributed by atoms with Crippen LogP contribution in [0, 0.1) is 6.92 Å². The largest absolute Gasteiger partial charge is 0.372 e. The Morgan fingerprint density at radius 3 is 2.44 bits per heavy atom. The molecular formula is C5H10N4. The number of nitrogens with one attached hydrogen (secondary N) is 1.